The highest BCUT2D eigenvalue weighted by Crippen LogP contribution is 2.78. The van der Waals surface area contributed by atoms with E-state index < -0.39 is 45.5 Å². The highest BCUT2D eigenvalue weighted by atomic mass is 29.4. The van der Waals surface area contributed by atoms with Gasteiger partial charge >= 0.3 is 0 Å². The normalized spacial score (nSPS) is 22.5. The summed E-state index contributed by atoms with van der Waals surface area (Å²) in [6.07, 6.45) is 37.6. The van der Waals surface area contributed by atoms with E-state index in [9.17, 15) is 0 Å². The summed E-state index contributed by atoms with van der Waals surface area (Å²) in [5, 5.41) is 0. The molecule has 3 rings (SSSR count). The molecule has 3 aliphatic heterocycles. The third-order valence-electron chi connectivity index (χ3n) is 18.0. The van der Waals surface area contributed by atoms with E-state index in [1.165, 1.54) is 86.6 Å². The van der Waals surface area contributed by atoms with Crippen LogP contribution in [0.4, 0.5) is 0 Å². The van der Waals surface area contributed by atoms with Gasteiger partial charge in [-0.1, -0.05) is 319 Å². The molecule has 0 radical (unpaired) electrons. The predicted molar refractivity (Wildman–Crippen MR) is 279 cm³/mol. The Bertz CT molecular complexity index is 746. The maximum atomic E-state index is 2.64. The summed E-state index contributed by atoms with van der Waals surface area (Å²) in [7, 11) is -9.79. The van der Waals surface area contributed by atoms with Crippen molar-refractivity contribution in [2.75, 3.05) is 0 Å². The summed E-state index contributed by atoms with van der Waals surface area (Å²) in [6, 6.07) is 22.4. The molecule has 0 aromatic carbocycles. The SMILES string of the molecule is CCCC[Si]1(CCCC)C2[Si](CCCC)(CCCC)[Si](CCCC)(CCCC)C([Si]1(CCCC)CCCC)[Si](CCCC)(CCCC)[Si]2(CCCC)CCCC. The molecule has 3 saturated heterocycles. The summed E-state index contributed by atoms with van der Waals surface area (Å²) in [6.45, 7) is 31.7. The van der Waals surface area contributed by atoms with Crippen molar-refractivity contribution < 1.29 is 0 Å². The molecule has 0 saturated carbocycles. The van der Waals surface area contributed by atoms with Crippen LogP contribution in [-0.2, 0) is 0 Å². The molecular formula is C50H110Si6. The Kier molecular flexibility index (Phi) is 26.1. The van der Waals surface area contributed by atoms with Gasteiger partial charge in [-0.15, -0.1) is 0 Å². The first-order valence-corrected chi connectivity index (χ1v) is 45.2. The number of fused-ring (bicyclic) bond motifs is 3. The van der Waals surface area contributed by atoms with Crippen LogP contribution in [0.5, 0.6) is 0 Å². The zero-order chi connectivity index (χ0) is 41.6. The van der Waals surface area contributed by atoms with E-state index in [1.54, 1.807) is 77.0 Å². The van der Waals surface area contributed by atoms with Gasteiger partial charge in [0.2, 0.25) is 0 Å². The minimum atomic E-state index is -1.63. The van der Waals surface area contributed by atoms with Gasteiger partial charge in [-0.25, -0.2) is 0 Å². The van der Waals surface area contributed by atoms with E-state index in [2.05, 4.69) is 83.1 Å². The third kappa shape index (κ3) is 10.6. The maximum absolute atomic E-state index is 2.64. The average molecular weight is 880 g/mol. The van der Waals surface area contributed by atoms with Crippen LogP contribution in [0, 0.1) is 0 Å². The Balaban J connectivity index is 3.73. The second kappa shape index (κ2) is 27.4. The molecule has 3 aliphatic rings. The van der Waals surface area contributed by atoms with Crippen LogP contribution >= 0.6 is 0 Å². The standard InChI is InChI=1S/C50H110Si6/c1-13-25-37-51(38-26-14-2)49-53(41-29-17-5,42-30-18-6)55(45-33-21-9,46-34-22-10)50(52(51,39-27-15-3)40-28-16-4)56(47-35-23-11,48-36-24-12)54(49,43-31-19-7)44-32-20-8/h49-50H,13-48H2,1-12H3. The Hall–Kier alpha value is 1.30. The van der Waals surface area contributed by atoms with Gasteiger partial charge in [0, 0.05) is 45.5 Å². The highest BCUT2D eigenvalue weighted by molar-refractivity contribution is 7.77. The Morgan fingerprint density at radius 2 is 0.268 bits per heavy atom. The topological polar surface area (TPSA) is 0 Å². The lowest BCUT2D eigenvalue weighted by atomic mass is 10.4. The molecule has 0 spiro atoms. The van der Waals surface area contributed by atoms with Gasteiger partial charge in [0.1, 0.15) is 0 Å². The van der Waals surface area contributed by atoms with Crippen LogP contribution in [0.2, 0.25) is 82.1 Å². The van der Waals surface area contributed by atoms with Crippen molar-refractivity contribution in [3.63, 3.8) is 0 Å². The van der Waals surface area contributed by atoms with Gasteiger partial charge in [0.15, 0.2) is 0 Å². The van der Waals surface area contributed by atoms with Crippen molar-refractivity contribution in [2.24, 2.45) is 0 Å². The molecule has 3 heterocycles. The quantitative estimate of drug-likeness (QED) is 0.0550. The molecule has 2 bridgehead atoms. The first kappa shape index (κ1) is 53.4. The van der Waals surface area contributed by atoms with Gasteiger partial charge < -0.3 is 0 Å². The molecule has 334 valence electrons. The second-order valence-electron chi connectivity index (χ2n) is 21.0. The van der Waals surface area contributed by atoms with Crippen LogP contribution in [0.3, 0.4) is 0 Å². The Morgan fingerprint density at radius 1 is 0.179 bits per heavy atom. The van der Waals surface area contributed by atoms with E-state index in [-0.39, 0.29) is 0 Å². The van der Waals surface area contributed by atoms with E-state index in [0.717, 1.165) is 0 Å². The number of hydrogen-bond donors (Lipinski definition) is 0. The van der Waals surface area contributed by atoms with E-state index >= 15 is 0 Å². The van der Waals surface area contributed by atoms with Crippen LogP contribution in [0.25, 0.3) is 0 Å². The molecule has 3 fully saturated rings. The van der Waals surface area contributed by atoms with Gasteiger partial charge in [0.05, 0.1) is 0 Å². The molecular weight excluding hydrogens is 769 g/mol. The third-order valence-corrected chi connectivity index (χ3v) is 108. The average Bonchev–Trinajstić information content (AvgIpc) is 3.22. The fourth-order valence-corrected chi connectivity index (χ4v) is 182. The highest BCUT2D eigenvalue weighted by Gasteiger charge is 2.88. The fourth-order valence-electron chi connectivity index (χ4n) is 16.3. The summed E-state index contributed by atoms with van der Waals surface area (Å²) in [5.74, 6) is 0. The van der Waals surface area contributed by atoms with Crippen LogP contribution in [0.1, 0.15) is 237 Å². The smallest absolute Gasteiger partial charge is 0.0451 e. The zero-order valence-corrected chi connectivity index (χ0v) is 47.6. The van der Waals surface area contributed by atoms with Crippen molar-refractivity contribution in [1.82, 2.24) is 0 Å². The molecule has 56 heavy (non-hydrogen) atoms. The van der Waals surface area contributed by atoms with Crippen LogP contribution < -0.4 is 0 Å². The summed E-state index contributed by atoms with van der Waals surface area (Å²) < 4.78 is 0. The molecule has 6 heteroatoms. The van der Waals surface area contributed by atoms with Crippen molar-refractivity contribution in [3.8, 4) is 0 Å². The summed E-state index contributed by atoms with van der Waals surface area (Å²) >= 11 is 0. The van der Waals surface area contributed by atoms with Crippen molar-refractivity contribution >= 4 is 45.5 Å². The number of rotatable bonds is 36. The van der Waals surface area contributed by atoms with Crippen LogP contribution in [-0.4, -0.2) is 45.5 Å². The lowest BCUT2D eigenvalue weighted by Gasteiger charge is -2.86. The molecule has 0 amide bonds. The Morgan fingerprint density at radius 3 is 0.339 bits per heavy atom. The molecule has 0 aliphatic carbocycles. The minimum Gasteiger partial charge on any atom is -0.0654 e. The maximum Gasteiger partial charge on any atom is 0.0451 e. The van der Waals surface area contributed by atoms with Crippen molar-refractivity contribution in [1.29, 1.82) is 0 Å². The van der Waals surface area contributed by atoms with Gasteiger partial charge in [-0.2, -0.15) is 0 Å². The predicted octanol–water partition coefficient (Wildman–Crippen LogP) is 19.4. The van der Waals surface area contributed by atoms with Crippen LogP contribution in [0.15, 0.2) is 0 Å². The molecule has 0 unspecified atom stereocenters. The number of unbranched alkanes of at least 4 members (excludes halogenated alkanes) is 12. The summed E-state index contributed by atoms with van der Waals surface area (Å²) in [5.41, 5.74) is 0. The molecule has 0 aromatic heterocycles. The van der Waals surface area contributed by atoms with Gasteiger partial charge in [-0.3, -0.25) is 0 Å². The van der Waals surface area contributed by atoms with E-state index in [0.29, 0.717) is 0 Å². The Labute approximate surface area is 362 Å². The molecule has 0 atom stereocenters. The lowest BCUT2D eigenvalue weighted by molar-refractivity contribution is 0.758. The molecule has 0 aromatic rings. The fraction of sp³-hybridized carbons (Fsp3) is 1.00. The van der Waals surface area contributed by atoms with E-state index in [4.69, 9.17) is 0 Å². The van der Waals surface area contributed by atoms with Gasteiger partial charge in [0.25, 0.3) is 0 Å². The minimum absolute atomic E-state index is 1.49. The zero-order valence-electron chi connectivity index (χ0n) is 41.6. The largest absolute Gasteiger partial charge is 0.0654 e. The first-order valence-electron chi connectivity index (χ1n) is 27.2. The lowest BCUT2D eigenvalue weighted by Crippen LogP contribution is -3.01. The molecule has 0 N–H and O–H groups in total. The van der Waals surface area contributed by atoms with E-state index in [1.807, 2.05) is 72.5 Å². The number of hydrogen-bond acceptors (Lipinski definition) is 0. The second-order valence-corrected chi connectivity index (χ2v) is 65.8. The molecule has 0 nitrogen and oxygen atoms in total. The summed E-state index contributed by atoms with van der Waals surface area (Å²) in [4.78, 5) is 2.98. The van der Waals surface area contributed by atoms with Crippen molar-refractivity contribution in [2.45, 2.75) is 319 Å². The van der Waals surface area contributed by atoms with Gasteiger partial charge in [-0.05, 0) is 0 Å². The monoisotopic (exact) mass is 879 g/mol. The first-order chi connectivity index (χ1) is 27.2. The van der Waals surface area contributed by atoms with Crippen molar-refractivity contribution in [3.05, 3.63) is 0 Å².